The molecule has 4 N–H and O–H groups in total. The standard InChI is InChI=1S/C14H37N3O7P2/c1-6-8-15-9-7-10-16-14(18)11-17(12-25(19,21-2)22-3)13-26(20,23-4)24-5/h15,19-20,25-26H,6-13H2,1-5H3,(H,16,18). The van der Waals surface area contributed by atoms with Crippen molar-refractivity contribution >= 4 is 21.8 Å². The quantitative estimate of drug-likeness (QED) is 0.205. The summed E-state index contributed by atoms with van der Waals surface area (Å²) < 4.78 is 20.2. The van der Waals surface area contributed by atoms with Crippen molar-refractivity contribution in [3.05, 3.63) is 0 Å². The summed E-state index contributed by atoms with van der Waals surface area (Å²) in [5, 5.41) is 6.08. The van der Waals surface area contributed by atoms with E-state index in [1.54, 1.807) is 0 Å². The van der Waals surface area contributed by atoms with Crippen LogP contribution in [0, 0.1) is 0 Å². The van der Waals surface area contributed by atoms with Gasteiger partial charge in [0, 0.05) is 0 Å². The van der Waals surface area contributed by atoms with E-state index in [2.05, 4.69) is 17.6 Å². The fraction of sp³-hybridized carbons (Fsp3) is 0.929. The van der Waals surface area contributed by atoms with Crippen molar-refractivity contribution in [2.75, 3.05) is 67.2 Å². The Balaban J connectivity index is 4.66. The molecule has 26 heavy (non-hydrogen) atoms. The average molecular weight is 421 g/mol. The van der Waals surface area contributed by atoms with Crippen LogP contribution in [0.25, 0.3) is 0 Å². The van der Waals surface area contributed by atoms with Gasteiger partial charge in [0.1, 0.15) is 0 Å². The van der Waals surface area contributed by atoms with Gasteiger partial charge in [-0.25, -0.2) is 0 Å². The van der Waals surface area contributed by atoms with E-state index < -0.39 is 15.9 Å². The third-order valence-corrected chi connectivity index (χ3v) is 8.01. The number of rotatable bonds is 16. The molecule has 0 fully saturated rings. The van der Waals surface area contributed by atoms with Gasteiger partial charge in [0.05, 0.1) is 0 Å². The monoisotopic (exact) mass is 421 g/mol. The SMILES string of the molecule is CCCNCCCNC(=O)CN(C[PH](O)(OC)OC)C[PH](O)(OC)OC. The van der Waals surface area contributed by atoms with Crippen LogP contribution in [0.3, 0.4) is 0 Å². The third kappa shape index (κ3) is 11.0. The Morgan fingerprint density at radius 2 is 1.42 bits per heavy atom. The van der Waals surface area contributed by atoms with Crippen LogP contribution in [0.15, 0.2) is 0 Å². The van der Waals surface area contributed by atoms with Crippen molar-refractivity contribution in [1.29, 1.82) is 0 Å². The van der Waals surface area contributed by atoms with Gasteiger partial charge in [-0.1, -0.05) is 0 Å². The fourth-order valence-corrected chi connectivity index (χ4v) is 4.81. The van der Waals surface area contributed by atoms with Crippen molar-refractivity contribution in [2.45, 2.75) is 19.8 Å². The van der Waals surface area contributed by atoms with Crippen LogP contribution >= 0.6 is 15.9 Å². The first-order valence-corrected chi connectivity index (χ1v) is 12.6. The molecule has 0 bridgehead atoms. The number of hydrogen-bond acceptors (Lipinski definition) is 9. The number of carbonyl (C=O) groups is 1. The molecule has 0 saturated carbocycles. The van der Waals surface area contributed by atoms with E-state index in [4.69, 9.17) is 18.1 Å². The second kappa shape index (κ2) is 14.1. The minimum atomic E-state index is -3.47. The van der Waals surface area contributed by atoms with Crippen LogP contribution in [-0.2, 0) is 22.9 Å². The maximum absolute atomic E-state index is 12.2. The molecule has 1 amide bonds. The van der Waals surface area contributed by atoms with E-state index in [1.165, 1.54) is 33.3 Å². The summed E-state index contributed by atoms with van der Waals surface area (Å²) in [5.74, 6) is -0.229. The van der Waals surface area contributed by atoms with E-state index in [9.17, 15) is 14.6 Å². The second-order valence-corrected chi connectivity index (χ2v) is 11.0. The molecule has 0 aromatic heterocycles. The van der Waals surface area contributed by atoms with Crippen molar-refractivity contribution in [2.24, 2.45) is 0 Å². The van der Waals surface area contributed by atoms with Crippen molar-refractivity contribution in [3.63, 3.8) is 0 Å². The van der Waals surface area contributed by atoms with Gasteiger partial charge in [0.15, 0.2) is 0 Å². The Labute approximate surface area is 157 Å². The van der Waals surface area contributed by atoms with Crippen LogP contribution in [-0.4, -0.2) is 87.8 Å². The zero-order valence-electron chi connectivity index (χ0n) is 16.5. The molecular formula is C14H37N3O7P2. The van der Waals surface area contributed by atoms with Crippen molar-refractivity contribution < 1.29 is 32.7 Å². The molecule has 10 nitrogen and oxygen atoms in total. The van der Waals surface area contributed by atoms with Gasteiger partial charge in [-0.3, -0.25) is 0 Å². The second-order valence-electron chi connectivity index (χ2n) is 5.84. The number of hydrogen-bond donors (Lipinski definition) is 4. The van der Waals surface area contributed by atoms with Crippen LogP contribution in [0.5, 0.6) is 0 Å². The van der Waals surface area contributed by atoms with E-state index in [0.717, 1.165) is 25.9 Å². The Bertz CT molecular complexity index is 366. The number of amides is 1. The predicted octanol–water partition coefficient (Wildman–Crippen LogP) is 0.269. The molecule has 0 rings (SSSR count). The molecule has 0 aromatic carbocycles. The van der Waals surface area contributed by atoms with Gasteiger partial charge in [-0.05, 0) is 0 Å². The van der Waals surface area contributed by atoms with E-state index >= 15 is 0 Å². The Hall–Kier alpha value is 0.01000. The van der Waals surface area contributed by atoms with Gasteiger partial charge in [-0.15, -0.1) is 0 Å². The molecule has 160 valence electrons. The van der Waals surface area contributed by atoms with Gasteiger partial charge in [0.25, 0.3) is 0 Å². The Morgan fingerprint density at radius 3 is 1.85 bits per heavy atom. The van der Waals surface area contributed by atoms with Crippen LogP contribution < -0.4 is 10.6 Å². The maximum atomic E-state index is 12.2. The third-order valence-electron chi connectivity index (χ3n) is 3.77. The van der Waals surface area contributed by atoms with Crippen molar-refractivity contribution in [3.8, 4) is 0 Å². The van der Waals surface area contributed by atoms with Crippen LogP contribution in [0.1, 0.15) is 19.8 Å². The first-order valence-electron chi connectivity index (χ1n) is 8.63. The molecule has 0 aliphatic rings. The number of carbonyl (C=O) groups excluding carboxylic acids is 1. The summed E-state index contributed by atoms with van der Waals surface area (Å²) in [6.45, 7) is 4.37. The Kier molecular flexibility index (Phi) is 14.1. The molecule has 0 aliphatic heterocycles. The predicted molar refractivity (Wildman–Crippen MR) is 106 cm³/mol. The molecule has 0 aliphatic carbocycles. The summed E-state index contributed by atoms with van der Waals surface area (Å²) in [4.78, 5) is 34.4. The van der Waals surface area contributed by atoms with Gasteiger partial charge in [-0.2, -0.15) is 0 Å². The summed E-state index contributed by atoms with van der Waals surface area (Å²) in [6.07, 6.45) is 1.81. The van der Waals surface area contributed by atoms with Crippen molar-refractivity contribution in [1.82, 2.24) is 15.5 Å². The zero-order valence-corrected chi connectivity index (χ0v) is 18.5. The van der Waals surface area contributed by atoms with E-state index in [1.807, 2.05) is 0 Å². The fourth-order valence-electron chi connectivity index (χ4n) is 2.16. The number of nitrogens with zero attached hydrogens (tertiary/aromatic N) is 1. The first-order chi connectivity index (χ1) is 12.3. The molecular weight excluding hydrogens is 384 g/mol. The van der Waals surface area contributed by atoms with E-state index in [0.29, 0.717) is 6.54 Å². The van der Waals surface area contributed by atoms with Gasteiger partial charge in [0.2, 0.25) is 0 Å². The zero-order chi connectivity index (χ0) is 20.1. The minimum absolute atomic E-state index is 0.0342. The first kappa shape index (κ1) is 26.0. The van der Waals surface area contributed by atoms with Gasteiger partial charge < -0.3 is 0 Å². The molecule has 0 heterocycles. The topological polar surface area (TPSA) is 122 Å². The van der Waals surface area contributed by atoms with Gasteiger partial charge >= 0.3 is 157 Å². The molecule has 0 aromatic rings. The van der Waals surface area contributed by atoms with Crippen LogP contribution in [0.4, 0.5) is 0 Å². The molecule has 0 atom stereocenters. The Morgan fingerprint density at radius 1 is 0.923 bits per heavy atom. The summed E-state index contributed by atoms with van der Waals surface area (Å²) in [7, 11) is -1.58. The molecule has 0 saturated heterocycles. The molecule has 0 spiro atoms. The average Bonchev–Trinajstić information content (AvgIpc) is 2.64. The molecule has 12 heteroatoms. The normalized spacial score (nSPS) is 13.8. The summed E-state index contributed by atoms with van der Waals surface area (Å²) in [6, 6.07) is 0. The van der Waals surface area contributed by atoms with Crippen LogP contribution in [0.2, 0.25) is 0 Å². The summed E-state index contributed by atoms with van der Waals surface area (Å²) >= 11 is 0. The van der Waals surface area contributed by atoms with E-state index in [-0.39, 0.29) is 25.0 Å². The summed E-state index contributed by atoms with van der Waals surface area (Å²) in [5.41, 5.74) is 0. The number of nitrogens with one attached hydrogen (secondary N) is 2. The molecule has 0 unspecified atom stereocenters. The molecule has 0 radical (unpaired) electrons.